The van der Waals surface area contributed by atoms with Gasteiger partial charge in [-0.05, 0) is 90.5 Å². The summed E-state index contributed by atoms with van der Waals surface area (Å²) in [4.78, 5) is 30.1. The summed E-state index contributed by atoms with van der Waals surface area (Å²) < 4.78 is 113. The molecule has 0 radical (unpaired) electrons. The van der Waals surface area contributed by atoms with Crippen molar-refractivity contribution in [3.05, 3.63) is 150 Å². The molecule has 1 aromatic heterocycles. The highest BCUT2D eigenvalue weighted by molar-refractivity contribution is 7.99. The number of alkyl halides is 6. The molecule has 2 amide bonds. The van der Waals surface area contributed by atoms with Crippen LogP contribution in [0.3, 0.4) is 0 Å². The number of anilines is 2. The molecule has 62 heavy (non-hydrogen) atoms. The molecule has 7 rings (SSSR count). The second-order valence-electron chi connectivity index (χ2n) is 14.0. The predicted molar refractivity (Wildman–Crippen MR) is 222 cm³/mol. The average Bonchev–Trinajstić information content (AvgIpc) is 3.75. The quantitative estimate of drug-likeness (QED) is 0.0627. The van der Waals surface area contributed by atoms with Crippen LogP contribution < -0.4 is 14.9 Å². The maximum absolute atomic E-state index is 14.0. The van der Waals surface area contributed by atoms with Gasteiger partial charge in [-0.25, -0.2) is 17.8 Å². The van der Waals surface area contributed by atoms with Gasteiger partial charge in [-0.2, -0.15) is 31.4 Å². The van der Waals surface area contributed by atoms with Crippen molar-refractivity contribution >= 4 is 45.0 Å². The first-order valence-corrected chi connectivity index (χ1v) is 21.3. The molecule has 322 valence electrons. The number of phenols is 1. The van der Waals surface area contributed by atoms with Crippen molar-refractivity contribution in [2.45, 2.75) is 22.1 Å². The number of aromatic hydroxyl groups is 1. The largest absolute Gasteiger partial charge is 0.508 e. The monoisotopic (exact) mass is 894 g/mol. The number of rotatable bonds is 12. The van der Waals surface area contributed by atoms with E-state index in [2.05, 4.69) is 10.4 Å². The molecule has 1 saturated heterocycles. The second-order valence-corrected chi connectivity index (χ2v) is 16.9. The first-order chi connectivity index (χ1) is 29.4. The Balaban J connectivity index is 0.972. The Labute approximate surface area is 356 Å². The molecule has 0 saturated carbocycles. The molecule has 11 nitrogen and oxygen atoms in total. The Kier molecular flexibility index (Phi) is 12.6. The molecule has 0 aliphatic carbocycles. The number of sulfonamides is 1. The lowest BCUT2D eigenvalue weighted by Gasteiger charge is -2.36. The molecule has 6 aromatic rings. The minimum Gasteiger partial charge on any atom is -0.508 e. The van der Waals surface area contributed by atoms with Gasteiger partial charge in [-0.1, -0.05) is 30.3 Å². The molecule has 1 aliphatic heterocycles. The maximum Gasteiger partial charge on any atom is 0.418 e. The molecule has 5 aromatic carbocycles. The number of thioether (sulfide) groups is 1. The second kappa shape index (κ2) is 17.9. The van der Waals surface area contributed by atoms with Crippen LogP contribution in [0.15, 0.2) is 137 Å². The van der Waals surface area contributed by atoms with Crippen molar-refractivity contribution in [1.82, 2.24) is 19.4 Å². The average molecular weight is 895 g/mol. The minimum atomic E-state index is -4.90. The molecular weight excluding hydrogens is 859 g/mol. The van der Waals surface area contributed by atoms with E-state index in [9.17, 15) is 49.5 Å². The summed E-state index contributed by atoms with van der Waals surface area (Å²) in [6.07, 6.45) is -6.74. The van der Waals surface area contributed by atoms with E-state index in [0.717, 1.165) is 29.2 Å². The van der Waals surface area contributed by atoms with E-state index >= 15 is 0 Å². The summed E-state index contributed by atoms with van der Waals surface area (Å²) in [6, 6.07) is 26.7. The van der Waals surface area contributed by atoms with Crippen LogP contribution in [0, 0.1) is 0 Å². The maximum atomic E-state index is 14.0. The molecule has 0 spiro atoms. The van der Waals surface area contributed by atoms with Gasteiger partial charge in [0.25, 0.3) is 21.8 Å². The summed E-state index contributed by atoms with van der Waals surface area (Å²) in [5, 5.41) is 16.7. The first kappa shape index (κ1) is 43.6. The Morgan fingerprint density at radius 3 is 2.15 bits per heavy atom. The van der Waals surface area contributed by atoms with Crippen LogP contribution in [-0.4, -0.2) is 78.5 Å². The fourth-order valence-electron chi connectivity index (χ4n) is 6.69. The molecule has 0 bridgehead atoms. The number of carbonyl (C=O) groups is 2. The number of carbonyl (C=O) groups excluding carboxylic acids is 2. The van der Waals surface area contributed by atoms with E-state index in [-0.39, 0.29) is 61.0 Å². The van der Waals surface area contributed by atoms with Crippen molar-refractivity contribution in [2.75, 3.05) is 48.7 Å². The Morgan fingerprint density at radius 1 is 0.742 bits per heavy atom. The van der Waals surface area contributed by atoms with Crippen LogP contribution in [0.25, 0.3) is 16.8 Å². The van der Waals surface area contributed by atoms with Gasteiger partial charge in [0.2, 0.25) is 0 Å². The topological polar surface area (TPSA) is 137 Å². The lowest BCUT2D eigenvalue weighted by atomic mass is 10.1. The van der Waals surface area contributed by atoms with E-state index in [1.807, 2.05) is 40.0 Å². The van der Waals surface area contributed by atoms with E-state index in [1.54, 1.807) is 12.1 Å². The molecule has 0 atom stereocenters. The molecule has 19 heteroatoms. The first-order valence-electron chi connectivity index (χ1n) is 18.9. The van der Waals surface area contributed by atoms with Crippen LogP contribution in [0.5, 0.6) is 5.75 Å². The van der Waals surface area contributed by atoms with Gasteiger partial charge in [-0.3, -0.25) is 9.59 Å². The molecule has 1 aliphatic rings. The predicted octanol–water partition coefficient (Wildman–Crippen LogP) is 8.57. The Hall–Kier alpha value is -6.47. The highest BCUT2D eigenvalue weighted by Gasteiger charge is 2.36. The minimum absolute atomic E-state index is 0.00239. The highest BCUT2D eigenvalue weighted by Crippen LogP contribution is 2.37. The standard InChI is InChI=1S/C43H36F6N6O5S2/c44-42(45,46)32-21-30(22-34(24-32)55-27-31(26-51-55)29-5-4-6-35(56)23-29)41(58)54-18-16-53(17-19-54)33-11-9-28(10-12-33)40(57)52-62(59,60)37-13-14-39(38(25-37)43(47,48)49)50-15-20-61-36-7-2-1-3-8-36/h1-14,21-27,50,56H,15-20H2,(H,52,57). The highest BCUT2D eigenvalue weighted by atomic mass is 32.2. The fourth-order valence-corrected chi connectivity index (χ4v) is 8.48. The number of nitrogens with zero attached hydrogens (tertiary/aromatic N) is 4. The summed E-state index contributed by atoms with van der Waals surface area (Å²) in [5.41, 5.74) is -1.13. The van der Waals surface area contributed by atoms with Crippen LogP contribution >= 0.6 is 11.8 Å². The third-order valence-corrected chi connectivity index (χ3v) is 12.2. The molecular formula is C43H36F6N6O5S2. The summed E-state index contributed by atoms with van der Waals surface area (Å²) in [7, 11) is -4.73. The number of benzene rings is 5. The van der Waals surface area contributed by atoms with Crippen molar-refractivity contribution in [3.63, 3.8) is 0 Å². The Bertz CT molecular complexity index is 2690. The molecule has 3 N–H and O–H groups in total. The third-order valence-electron chi connectivity index (χ3n) is 9.84. The molecule has 2 heterocycles. The fraction of sp³-hybridized carbons (Fsp3) is 0.186. The van der Waals surface area contributed by atoms with E-state index in [1.165, 1.54) is 76.2 Å². The van der Waals surface area contributed by atoms with Crippen molar-refractivity contribution < 1.29 is 49.5 Å². The number of halogens is 6. The summed E-state index contributed by atoms with van der Waals surface area (Å²) in [6.45, 7) is 0.962. The lowest BCUT2D eigenvalue weighted by Crippen LogP contribution is -2.48. The van der Waals surface area contributed by atoms with Crippen LogP contribution in [0.1, 0.15) is 31.8 Å². The van der Waals surface area contributed by atoms with Gasteiger partial charge in [0.05, 0.1) is 27.9 Å². The van der Waals surface area contributed by atoms with E-state index in [4.69, 9.17) is 0 Å². The third kappa shape index (κ3) is 10.3. The number of amides is 2. The Morgan fingerprint density at radius 2 is 1.47 bits per heavy atom. The number of phenolic OH excluding ortho intramolecular Hbond substituents is 1. The summed E-state index contributed by atoms with van der Waals surface area (Å²) >= 11 is 1.44. The van der Waals surface area contributed by atoms with E-state index in [0.29, 0.717) is 28.6 Å². The summed E-state index contributed by atoms with van der Waals surface area (Å²) in [5.74, 6) is -1.26. The van der Waals surface area contributed by atoms with Crippen LogP contribution in [-0.2, 0) is 22.4 Å². The van der Waals surface area contributed by atoms with Gasteiger partial charge in [0, 0.05) is 77.6 Å². The number of hydrogen-bond acceptors (Lipinski definition) is 9. The van der Waals surface area contributed by atoms with Gasteiger partial charge >= 0.3 is 12.4 Å². The zero-order chi connectivity index (χ0) is 44.2. The zero-order valence-corrected chi connectivity index (χ0v) is 34.0. The smallest absolute Gasteiger partial charge is 0.418 e. The normalized spacial score (nSPS) is 13.5. The van der Waals surface area contributed by atoms with Gasteiger partial charge in [0.15, 0.2) is 0 Å². The van der Waals surface area contributed by atoms with Crippen molar-refractivity contribution in [3.8, 4) is 22.6 Å². The van der Waals surface area contributed by atoms with Gasteiger partial charge in [0.1, 0.15) is 5.75 Å². The van der Waals surface area contributed by atoms with Crippen molar-refractivity contribution in [1.29, 1.82) is 0 Å². The lowest BCUT2D eigenvalue weighted by molar-refractivity contribution is -0.138. The molecule has 0 unspecified atom stereocenters. The number of nitrogens with one attached hydrogen (secondary N) is 2. The van der Waals surface area contributed by atoms with Crippen LogP contribution in [0.4, 0.5) is 37.7 Å². The number of aromatic nitrogens is 2. The SMILES string of the molecule is O=C(NS(=O)(=O)c1ccc(NCCSc2ccccc2)c(C(F)(F)F)c1)c1ccc(N2CCN(C(=O)c3cc(-n4cc(-c5cccc(O)c5)cn4)cc(C(F)(F)F)c3)CC2)cc1. The van der Waals surface area contributed by atoms with Crippen LogP contribution in [0.2, 0.25) is 0 Å². The number of hydrogen-bond donors (Lipinski definition) is 3. The van der Waals surface area contributed by atoms with Gasteiger partial charge in [-0.15, -0.1) is 11.8 Å². The molecule has 1 fully saturated rings. The van der Waals surface area contributed by atoms with E-state index < -0.39 is 50.2 Å². The number of piperazine rings is 1. The van der Waals surface area contributed by atoms with Crippen molar-refractivity contribution in [2.24, 2.45) is 0 Å². The zero-order valence-electron chi connectivity index (χ0n) is 32.3. The van der Waals surface area contributed by atoms with Gasteiger partial charge < -0.3 is 20.2 Å².